The van der Waals surface area contributed by atoms with Gasteiger partial charge >= 0.3 is 0 Å². The third kappa shape index (κ3) is 3.46. The first-order valence-electron chi connectivity index (χ1n) is 6.72. The van der Waals surface area contributed by atoms with E-state index in [4.69, 9.17) is 0 Å². The van der Waals surface area contributed by atoms with E-state index in [1.807, 2.05) is 0 Å². The standard InChI is InChI=1S/C13H26N2/c1-13(7-3-2-4-8-13)11-14-12-15-9-5-6-10-15/h14H,2-12H2,1H3. The smallest absolute Gasteiger partial charge is 0.0480 e. The van der Waals surface area contributed by atoms with Crippen LogP contribution in [0.2, 0.25) is 0 Å². The molecule has 2 aliphatic rings. The minimum Gasteiger partial charge on any atom is -0.304 e. The number of nitrogens with one attached hydrogen (secondary N) is 1. The van der Waals surface area contributed by atoms with Crippen LogP contribution in [-0.2, 0) is 0 Å². The van der Waals surface area contributed by atoms with Gasteiger partial charge in [0.15, 0.2) is 0 Å². The van der Waals surface area contributed by atoms with Gasteiger partial charge < -0.3 is 5.32 Å². The maximum Gasteiger partial charge on any atom is 0.0480 e. The topological polar surface area (TPSA) is 15.3 Å². The van der Waals surface area contributed by atoms with E-state index >= 15 is 0 Å². The molecular formula is C13H26N2. The van der Waals surface area contributed by atoms with Crippen LogP contribution in [-0.4, -0.2) is 31.2 Å². The highest BCUT2D eigenvalue weighted by Gasteiger charge is 2.26. The van der Waals surface area contributed by atoms with Crippen molar-refractivity contribution in [1.29, 1.82) is 0 Å². The largest absolute Gasteiger partial charge is 0.304 e. The number of hydrogen-bond donors (Lipinski definition) is 1. The fraction of sp³-hybridized carbons (Fsp3) is 1.00. The molecule has 0 aromatic carbocycles. The molecular weight excluding hydrogens is 184 g/mol. The van der Waals surface area contributed by atoms with Crippen molar-refractivity contribution in [2.24, 2.45) is 5.41 Å². The summed E-state index contributed by atoms with van der Waals surface area (Å²) < 4.78 is 0. The molecule has 88 valence electrons. The van der Waals surface area contributed by atoms with Crippen LogP contribution >= 0.6 is 0 Å². The fourth-order valence-corrected chi connectivity index (χ4v) is 3.04. The SMILES string of the molecule is CC1(CNCN2CCCC2)CCCCC1. The summed E-state index contributed by atoms with van der Waals surface area (Å²) in [5.41, 5.74) is 0.595. The van der Waals surface area contributed by atoms with E-state index in [2.05, 4.69) is 17.1 Å². The Morgan fingerprint density at radius 3 is 2.33 bits per heavy atom. The third-order valence-corrected chi connectivity index (χ3v) is 4.15. The minimum atomic E-state index is 0.595. The van der Waals surface area contributed by atoms with Crippen LogP contribution in [0.25, 0.3) is 0 Å². The van der Waals surface area contributed by atoms with Gasteiger partial charge in [-0.1, -0.05) is 26.2 Å². The summed E-state index contributed by atoms with van der Waals surface area (Å²) in [6.07, 6.45) is 10.0. The highest BCUT2D eigenvalue weighted by atomic mass is 15.2. The zero-order chi connectivity index (χ0) is 10.6. The van der Waals surface area contributed by atoms with Crippen LogP contribution in [0.4, 0.5) is 0 Å². The van der Waals surface area contributed by atoms with Gasteiger partial charge in [-0.2, -0.15) is 0 Å². The average Bonchev–Trinajstić information content (AvgIpc) is 2.71. The molecule has 15 heavy (non-hydrogen) atoms. The van der Waals surface area contributed by atoms with E-state index in [0.717, 1.165) is 6.67 Å². The van der Waals surface area contributed by atoms with Crippen molar-refractivity contribution in [3.63, 3.8) is 0 Å². The molecule has 0 aromatic rings. The van der Waals surface area contributed by atoms with Gasteiger partial charge in [0.05, 0.1) is 0 Å². The lowest BCUT2D eigenvalue weighted by Crippen LogP contribution is -2.39. The van der Waals surface area contributed by atoms with Crippen LogP contribution in [0, 0.1) is 5.41 Å². The van der Waals surface area contributed by atoms with Crippen molar-refractivity contribution in [3.05, 3.63) is 0 Å². The maximum absolute atomic E-state index is 3.66. The number of hydrogen-bond acceptors (Lipinski definition) is 2. The van der Waals surface area contributed by atoms with Crippen molar-refractivity contribution in [1.82, 2.24) is 10.2 Å². The minimum absolute atomic E-state index is 0.595. The molecule has 1 heterocycles. The number of rotatable bonds is 4. The van der Waals surface area contributed by atoms with E-state index in [-0.39, 0.29) is 0 Å². The zero-order valence-corrected chi connectivity index (χ0v) is 10.2. The normalized spacial score (nSPS) is 27.0. The first kappa shape index (κ1) is 11.4. The molecule has 2 rings (SSSR count). The number of likely N-dealkylation sites (tertiary alicyclic amines) is 1. The summed E-state index contributed by atoms with van der Waals surface area (Å²) in [7, 11) is 0. The van der Waals surface area contributed by atoms with Gasteiger partial charge in [0, 0.05) is 13.2 Å². The predicted octanol–water partition coefficient (Wildman–Crippen LogP) is 2.60. The lowest BCUT2D eigenvalue weighted by molar-refractivity contribution is 0.190. The Hall–Kier alpha value is -0.0800. The van der Waals surface area contributed by atoms with E-state index in [1.54, 1.807) is 0 Å². The third-order valence-electron chi connectivity index (χ3n) is 4.15. The summed E-state index contributed by atoms with van der Waals surface area (Å²) in [5, 5.41) is 3.66. The van der Waals surface area contributed by atoms with Crippen LogP contribution in [0.3, 0.4) is 0 Å². The van der Waals surface area contributed by atoms with E-state index in [1.165, 1.54) is 64.6 Å². The van der Waals surface area contributed by atoms with Gasteiger partial charge in [0.2, 0.25) is 0 Å². The van der Waals surface area contributed by atoms with Crippen molar-refractivity contribution in [2.75, 3.05) is 26.3 Å². The lowest BCUT2D eigenvalue weighted by Gasteiger charge is -2.34. The molecule has 0 bridgehead atoms. The first-order chi connectivity index (χ1) is 7.29. The highest BCUT2D eigenvalue weighted by Crippen LogP contribution is 2.34. The van der Waals surface area contributed by atoms with Crippen molar-refractivity contribution >= 4 is 0 Å². The maximum atomic E-state index is 3.66. The van der Waals surface area contributed by atoms with Gasteiger partial charge in [-0.05, 0) is 44.2 Å². The Morgan fingerprint density at radius 2 is 1.67 bits per heavy atom. The molecule has 0 unspecified atom stereocenters. The molecule has 1 saturated carbocycles. The second-order valence-corrected chi connectivity index (χ2v) is 5.78. The van der Waals surface area contributed by atoms with Gasteiger partial charge in [-0.25, -0.2) is 0 Å². The molecule has 0 amide bonds. The second-order valence-electron chi connectivity index (χ2n) is 5.78. The Bertz CT molecular complexity index is 179. The number of nitrogens with zero attached hydrogens (tertiary/aromatic N) is 1. The fourth-order valence-electron chi connectivity index (χ4n) is 3.04. The van der Waals surface area contributed by atoms with Crippen molar-refractivity contribution in [3.8, 4) is 0 Å². The molecule has 1 N–H and O–H groups in total. The Balaban J connectivity index is 1.63. The molecule has 1 aliphatic heterocycles. The average molecular weight is 210 g/mol. The molecule has 0 aromatic heterocycles. The highest BCUT2D eigenvalue weighted by molar-refractivity contribution is 4.80. The van der Waals surface area contributed by atoms with E-state index in [0.29, 0.717) is 5.41 Å². The molecule has 1 saturated heterocycles. The second kappa shape index (κ2) is 5.31. The Labute approximate surface area is 94.4 Å². The molecule has 2 heteroatoms. The summed E-state index contributed by atoms with van der Waals surface area (Å²) in [5.74, 6) is 0. The summed E-state index contributed by atoms with van der Waals surface area (Å²) in [6, 6.07) is 0. The van der Waals surface area contributed by atoms with E-state index < -0.39 is 0 Å². The molecule has 0 spiro atoms. The van der Waals surface area contributed by atoms with Crippen LogP contribution < -0.4 is 5.32 Å². The lowest BCUT2D eigenvalue weighted by atomic mass is 9.76. The summed E-state index contributed by atoms with van der Waals surface area (Å²) >= 11 is 0. The molecule has 0 atom stereocenters. The molecule has 0 radical (unpaired) electrons. The van der Waals surface area contributed by atoms with E-state index in [9.17, 15) is 0 Å². The summed E-state index contributed by atoms with van der Waals surface area (Å²) in [4.78, 5) is 2.55. The summed E-state index contributed by atoms with van der Waals surface area (Å²) in [6.45, 7) is 7.43. The van der Waals surface area contributed by atoms with Crippen LogP contribution in [0.5, 0.6) is 0 Å². The Morgan fingerprint density at radius 1 is 1.00 bits per heavy atom. The zero-order valence-electron chi connectivity index (χ0n) is 10.2. The van der Waals surface area contributed by atoms with Crippen molar-refractivity contribution < 1.29 is 0 Å². The van der Waals surface area contributed by atoms with Gasteiger partial charge in [-0.15, -0.1) is 0 Å². The van der Waals surface area contributed by atoms with Crippen LogP contribution in [0.1, 0.15) is 51.9 Å². The monoisotopic (exact) mass is 210 g/mol. The quantitative estimate of drug-likeness (QED) is 0.767. The predicted molar refractivity (Wildman–Crippen MR) is 64.9 cm³/mol. The molecule has 2 fully saturated rings. The van der Waals surface area contributed by atoms with Gasteiger partial charge in [0.1, 0.15) is 0 Å². The molecule has 1 aliphatic carbocycles. The Kier molecular flexibility index (Phi) is 4.04. The first-order valence-corrected chi connectivity index (χ1v) is 6.72. The van der Waals surface area contributed by atoms with Crippen molar-refractivity contribution in [2.45, 2.75) is 51.9 Å². The molecule has 2 nitrogen and oxygen atoms in total. The van der Waals surface area contributed by atoms with Crippen LogP contribution in [0.15, 0.2) is 0 Å². The van der Waals surface area contributed by atoms with Gasteiger partial charge in [-0.3, -0.25) is 4.90 Å². The van der Waals surface area contributed by atoms with Gasteiger partial charge in [0.25, 0.3) is 0 Å².